The van der Waals surface area contributed by atoms with Crippen LogP contribution in [0.1, 0.15) is 38.7 Å². The number of para-hydroxylation sites is 1. The summed E-state index contributed by atoms with van der Waals surface area (Å²) in [6, 6.07) is 6.05. The molecule has 1 heterocycles. The van der Waals surface area contributed by atoms with E-state index >= 15 is 0 Å². The highest BCUT2D eigenvalue weighted by Crippen LogP contribution is 2.43. The van der Waals surface area contributed by atoms with Gasteiger partial charge in [-0.1, -0.05) is 12.1 Å². The lowest BCUT2D eigenvalue weighted by atomic mass is 10.0. The van der Waals surface area contributed by atoms with Crippen LogP contribution in [0.15, 0.2) is 18.2 Å². The van der Waals surface area contributed by atoms with Crippen LogP contribution in [0.25, 0.3) is 0 Å². The number of benzene rings is 1. The molecule has 1 aliphatic carbocycles. The first kappa shape index (κ1) is 13.7. The SMILES string of the molecule is CC1(C)Cc2cccc(OC3CCC(N)(CO)C3)c2O1. The van der Waals surface area contributed by atoms with Crippen molar-refractivity contribution in [3.8, 4) is 11.5 Å². The summed E-state index contributed by atoms with van der Waals surface area (Å²) in [7, 11) is 0. The Kier molecular flexibility index (Phi) is 3.18. The van der Waals surface area contributed by atoms with Crippen molar-refractivity contribution in [2.75, 3.05) is 6.61 Å². The van der Waals surface area contributed by atoms with Gasteiger partial charge < -0.3 is 20.3 Å². The highest BCUT2D eigenvalue weighted by molar-refractivity contribution is 5.50. The van der Waals surface area contributed by atoms with Gasteiger partial charge in [-0.3, -0.25) is 0 Å². The van der Waals surface area contributed by atoms with Gasteiger partial charge >= 0.3 is 0 Å². The van der Waals surface area contributed by atoms with Crippen molar-refractivity contribution in [3.63, 3.8) is 0 Å². The number of hydrogen-bond acceptors (Lipinski definition) is 4. The molecule has 0 aromatic heterocycles. The zero-order chi connectivity index (χ0) is 14.4. The maximum absolute atomic E-state index is 9.33. The van der Waals surface area contributed by atoms with Gasteiger partial charge in [0.25, 0.3) is 0 Å². The highest BCUT2D eigenvalue weighted by atomic mass is 16.5. The van der Waals surface area contributed by atoms with E-state index in [2.05, 4.69) is 19.9 Å². The lowest BCUT2D eigenvalue weighted by molar-refractivity contribution is 0.122. The number of aliphatic hydroxyl groups is 1. The summed E-state index contributed by atoms with van der Waals surface area (Å²) < 4.78 is 12.1. The molecule has 0 bridgehead atoms. The molecule has 1 aliphatic heterocycles. The van der Waals surface area contributed by atoms with Crippen molar-refractivity contribution in [1.82, 2.24) is 0 Å². The number of ether oxygens (including phenoxy) is 2. The average molecular weight is 277 g/mol. The van der Waals surface area contributed by atoms with Gasteiger partial charge in [0.1, 0.15) is 11.7 Å². The number of hydrogen-bond donors (Lipinski definition) is 2. The maximum atomic E-state index is 9.33. The van der Waals surface area contributed by atoms with Crippen LogP contribution in [0.4, 0.5) is 0 Å². The van der Waals surface area contributed by atoms with Gasteiger partial charge in [0, 0.05) is 23.9 Å². The van der Waals surface area contributed by atoms with E-state index in [9.17, 15) is 5.11 Å². The minimum absolute atomic E-state index is 0.0172. The minimum atomic E-state index is -0.483. The standard InChI is InChI=1S/C16H23NO3/c1-15(2)8-11-4-3-5-13(14(11)20-15)19-12-6-7-16(17,9-12)10-18/h3-5,12,18H,6-10,17H2,1-2H3. The van der Waals surface area contributed by atoms with Crippen LogP contribution in [-0.4, -0.2) is 29.0 Å². The van der Waals surface area contributed by atoms with Crippen molar-refractivity contribution in [1.29, 1.82) is 0 Å². The molecule has 1 saturated carbocycles. The third kappa shape index (κ3) is 2.50. The molecule has 3 rings (SSSR count). The van der Waals surface area contributed by atoms with E-state index < -0.39 is 5.54 Å². The molecule has 2 unspecified atom stereocenters. The van der Waals surface area contributed by atoms with Crippen molar-refractivity contribution in [3.05, 3.63) is 23.8 Å². The number of fused-ring (bicyclic) bond motifs is 1. The molecular formula is C16H23NO3. The molecule has 0 radical (unpaired) electrons. The predicted molar refractivity (Wildman–Crippen MR) is 77.1 cm³/mol. The largest absolute Gasteiger partial charge is 0.486 e. The van der Waals surface area contributed by atoms with Gasteiger partial charge in [0.05, 0.1) is 6.61 Å². The second-order valence-electron chi connectivity index (χ2n) is 6.79. The third-order valence-electron chi connectivity index (χ3n) is 4.26. The van der Waals surface area contributed by atoms with Crippen LogP contribution in [0.2, 0.25) is 0 Å². The summed E-state index contributed by atoms with van der Waals surface area (Å²) in [5, 5.41) is 9.33. The van der Waals surface area contributed by atoms with Crippen LogP contribution in [0.5, 0.6) is 11.5 Å². The van der Waals surface area contributed by atoms with E-state index in [0.717, 1.165) is 30.8 Å². The number of aliphatic hydroxyl groups excluding tert-OH is 1. The van der Waals surface area contributed by atoms with Crippen molar-refractivity contribution >= 4 is 0 Å². The van der Waals surface area contributed by atoms with Crippen molar-refractivity contribution < 1.29 is 14.6 Å². The summed E-state index contributed by atoms with van der Waals surface area (Å²) in [6.45, 7) is 4.19. The van der Waals surface area contributed by atoms with Crippen molar-refractivity contribution in [2.24, 2.45) is 5.73 Å². The quantitative estimate of drug-likeness (QED) is 0.887. The maximum Gasteiger partial charge on any atom is 0.165 e. The van der Waals surface area contributed by atoms with E-state index in [1.807, 2.05) is 12.1 Å². The van der Waals surface area contributed by atoms with E-state index in [-0.39, 0.29) is 18.3 Å². The summed E-state index contributed by atoms with van der Waals surface area (Å²) in [4.78, 5) is 0. The van der Waals surface area contributed by atoms with Gasteiger partial charge in [0.2, 0.25) is 0 Å². The highest BCUT2D eigenvalue weighted by Gasteiger charge is 2.38. The van der Waals surface area contributed by atoms with Crippen LogP contribution in [-0.2, 0) is 6.42 Å². The van der Waals surface area contributed by atoms with Crippen molar-refractivity contribution in [2.45, 2.75) is 56.8 Å². The molecule has 4 heteroatoms. The topological polar surface area (TPSA) is 64.7 Å². The summed E-state index contributed by atoms with van der Waals surface area (Å²) in [5.41, 5.74) is 6.65. The van der Waals surface area contributed by atoms with E-state index in [0.29, 0.717) is 6.42 Å². The Bertz CT molecular complexity index is 514. The van der Waals surface area contributed by atoms with E-state index in [1.54, 1.807) is 0 Å². The lowest BCUT2D eigenvalue weighted by Crippen LogP contribution is -2.41. The van der Waals surface area contributed by atoms with Gasteiger partial charge in [-0.15, -0.1) is 0 Å². The molecule has 3 N–H and O–H groups in total. The fraction of sp³-hybridized carbons (Fsp3) is 0.625. The third-order valence-corrected chi connectivity index (χ3v) is 4.26. The zero-order valence-corrected chi connectivity index (χ0v) is 12.2. The van der Waals surface area contributed by atoms with Crippen LogP contribution in [0.3, 0.4) is 0 Å². The molecule has 4 nitrogen and oxygen atoms in total. The second kappa shape index (κ2) is 4.64. The first-order chi connectivity index (χ1) is 9.41. The Labute approximate surface area is 119 Å². The van der Waals surface area contributed by atoms with Gasteiger partial charge in [-0.05, 0) is 32.8 Å². The monoisotopic (exact) mass is 277 g/mol. The minimum Gasteiger partial charge on any atom is -0.486 e. The Morgan fingerprint density at radius 2 is 2.25 bits per heavy atom. The molecule has 1 aromatic carbocycles. The summed E-state index contributed by atoms with van der Waals surface area (Å²) in [6.07, 6.45) is 3.34. The van der Waals surface area contributed by atoms with E-state index in [4.69, 9.17) is 15.2 Å². The Balaban J connectivity index is 1.76. The fourth-order valence-electron chi connectivity index (χ4n) is 3.21. The molecule has 1 fully saturated rings. The second-order valence-corrected chi connectivity index (χ2v) is 6.79. The van der Waals surface area contributed by atoms with Gasteiger partial charge in [-0.25, -0.2) is 0 Å². The Hall–Kier alpha value is -1.26. The molecular weight excluding hydrogens is 254 g/mol. The number of nitrogens with two attached hydrogens (primary N) is 1. The molecule has 1 aromatic rings. The molecule has 0 amide bonds. The number of rotatable bonds is 3. The zero-order valence-electron chi connectivity index (χ0n) is 12.2. The van der Waals surface area contributed by atoms with Crippen LogP contribution in [0, 0.1) is 0 Å². The molecule has 20 heavy (non-hydrogen) atoms. The van der Waals surface area contributed by atoms with Crippen LogP contribution >= 0.6 is 0 Å². The smallest absolute Gasteiger partial charge is 0.165 e. The first-order valence-electron chi connectivity index (χ1n) is 7.28. The molecule has 2 atom stereocenters. The fourth-order valence-corrected chi connectivity index (χ4v) is 3.21. The Morgan fingerprint density at radius 1 is 1.45 bits per heavy atom. The molecule has 0 saturated heterocycles. The first-order valence-corrected chi connectivity index (χ1v) is 7.28. The van der Waals surface area contributed by atoms with E-state index in [1.165, 1.54) is 5.56 Å². The summed E-state index contributed by atoms with van der Waals surface area (Å²) in [5.74, 6) is 1.68. The lowest BCUT2D eigenvalue weighted by Gasteiger charge is -2.22. The summed E-state index contributed by atoms with van der Waals surface area (Å²) >= 11 is 0. The normalized spacial score (nSPS) is 30.9. The Morgan fingerprint density at radius 3 is 2.95 bits per heavy atom. The predicted octanol–water partition coefficient (Wildman–Crippen LogP) is 2.02. The van der Waals surface area contributed by atoms with Gasteiger partial charge in [0.15, 0.2) is 11.5 Å². The van der Waals surface area contributed by atoms with Gasteiger partial charge in [-0.2, -0.15) is 0 Å². The molecule has 0 spiro atoms. The molecule has 110 valence electrons. The van der Waals surface area contributed by atoms with Crippen LogP contribution < -0.4 is 15.2 Å². The average Bonchev–Trinajstić information content (AvgIpc) is 2.90. The molecule has 2 aliphatic rings.